The Balaban J connectivity index is 1.64. The molecule has 0 atom stereocenters. The van der Waals surface area contributed by atoms with Gasteiger partial charge in [0.05, 0.1) is 25.0 Å². The minimum absolute atomic E-state index is 0.220. The highest BCUT2D eigenvalue weighted by Crippen LogP contribution is 2.45. The zero-order valence-corrected chi connectivity index (χ0v) is 17.1. The van der Waals surface area contributed by atoms with Crippen molar-refractivity contribution in [2.45, 2.75) is 38.9 Å². The van der Waals surface area contributed by atoms with Gasteiger partial charge in [0.1, 0.15) is 18.5 Å². The quantitative estimate of drug-likeness (QED) is 0.608. The number of rotatable bonds is 8. The fourth-order valence-corrected chi connectivity index (χ4v) is 3.20. The van der Waals surface area contributed by atoms with E-state index in [-0.39, 0.29) is 6.61 Å². The Morgan fingerprint density at radius 3 is 2.53 bits per heavy atom. The summed E-state index contributed by atoms with van der Waals surface area (Å²) in [5.74, 6) is 1.57. The topological polar surface area (TPSA) is 90.3 Å². The Morgan fingerprint density at radius 2 is 1.90 bits per heavy atom. The molecule has 4 rings (SSSR count). The van der Waals surface area contributed by atoms with Gasteiger partial charge in [-0.15, -0.1) is 0 Å². The van der Waals surface area contributed by atoms with Crippen molar-refractivity contribution in [3.63, 3.8) is 0 Å². The Kier molecular flexibility index (Phi) is 5.72. The molecular weight excluding hydrogens is 380 g/mol. The number of ether oxygens (including phenoxy) is 2. The van der Waals surface area contributed by atoms with Gasteiger partial charge < -0.3 is 14.6 Å². The molecule has 2 heterocycles. The first kappa shape index (κ1) is 20.0. The third kappa shape index (κ3) is 4.16. The number of benzene rings is 1. The number of methoxy groups -OCH3 is 1. The van der Waals surface area contributed by atoms with E-state index in [1.807, 2.05) is 31.2 Å². The van der Waals surface area contributed by atoms with Crippen LogP contribution in [0.15, 0.2) is 43.4 Å². The van der Waals surface area contributed by atoms with Gasteiger partial charge >= 0.3 is 0 Å². The van der Waals surface area contributed by atoms with Crippen LogP contribution in [0.2, 0.25) is 0 Å². The predicted octanol–water partition coefficient (Wildman–Crippen LogP) is 3.92. The van der Waals surface area contributed by atoms with Gasteiger partial charge in [0.15, 0.2) is 5.82 Å². The van der Waals surface area contributed by atoms with Gasteiger partial charge in [-0.25, -0.2) is 15.0 Å². The summed E-state index contributed by atoms with van der Waals surface area (Å²) < 4.78 is 11.4. The summed E-state index contributed by atoms with van der Waals surface area (Å²) in [5.41, 5.74) is 5.17. The second-order valence-corrected chi connectivity index (χ2v) is 7.37. The number of allylic oxidation sites excluding steroid dienone is 1. The number of aromatic nitrogens is 4. The lowest BCUT2D eigenvalue weighted by atomic mass is 10.1. The molecule has 0 unspecified atom stereocenters. The second-order valence-electron chi connectivity index (χ2n) is 7.37. The van der Waals surface area contributed by atoms with Gasteiger partial charge in [-0.3, -0.25) is 0 Å². The average molecular weight is 404 g/mol. The molecule has 0 aliphatic heterocycles. The van der Waals surface area contributed by atoms with Crippen molar-refractivity contribution >= 4 is 5.57 Å². The number of nitrogens with zero attached hydrogens (tertiary/aromatic N) is 4. The largest absolute Gasteiger partial charge is 0.480 e. The van der Waals surface area contributed by atoms with E-state index in [0.717, 1.165) is 35.2 Å². The summed E-state index contributed by atoms with van der Waals surface area (Å²) >= 11 is 0. The molecular formula is C23H24N4O3. The first-order valence-electron chi connectivity index (χ1n) is 9.84. The van der Waals surface area contributed by atoms with Crippen LogP contribution in [-0.4, -0.2) is 32.2 Å². The van der Waals surface area contributed by atoms with Gasteiger partial charge in [0, 0.05) is 12.1 Å². The number of hydrogen-bond donors (Lipinski definition) is 1. The van der Waals surface area contributed by atoms with Crippen LogP contribution in [0.25, 0.3) is 17.0 Å². The molecule has 1 aromatic carbocycles. The van der Waals surface area contributed by atoms with Crippen molar-refractivity contribution in [3.8, 4) is 23.1 Å². The standard InChI is InChI=1S/C23H24N4O3/c1-14(2)16-6-4-15(5-7-16)12-30-22-18(11-28)10-24-21(27-22)19-20(17-8-9-17)25-13-26-23(19)29-3/h4-7,10,13,17,28H,1,8-9,11-12H2,2-3H3. The van der Waals surface area contributed by atoms with Crippen molar-refractivity contribution in [3.05, 3.63) is 65.8 Å². The molecule has 0 spiro atoms. The minimum atomic E-state index is -0.220. The summed E-state index contributed by atoms with van der Waals surface area (Å²) in [5, 5.41) is 9.71. The molecule has 7 nitrogen and oxygen atoms in total. The summed E-state index contributed by atoms with van der Waals surface area (Å²) in [6.07, 6.45) is 5.23. The summed E-state index contributed by atoms with van der Waals surface area (Å²) in [6, 6.07) is 7.99. The smallest absolute Gasteiger partial charge is 0.227 e. The second kappa shape index (κ2) is 8.59. The van der Waals surface area contributed by atoms with Gasteiger partial charge in [-0.1, -0.05) is 36.4 Å². The van der Waals surface area contributed by atoms with Crippen molar-refractivity contribution in [1.29, 1.82) is 0 Å². The molecule has 1 aliphatic rings. The molecule has 1 saturated carbocycles. The molecule has 0 amide bonds. The van der Waals surface area contributed by atoms with Crippen LogP contribution >= 0.6 is 0 Å². The Morgan fingerprint density at radius 1 is 1.13 bits per heavy atom. The van der Waals surface area contributed by atoms with Crippen LogP contribution in [0, 0.1) is 0 Å². The van der Waals surface area contributed by atoms with E-state index in [1.54, 1.807) is 13.3 Å². The van der Waals surface area contributed by atoms with Crippen LogP contribution in [0.4, 0.5) is 0 Å². The third-order valence-electron chi connectivity index (χ3n) is 5.04. The summed E-state index contributed by atoms with van der Waals surface area (Å²) in [7, 11) is 1.57. The van der Waals surface area contributed by atoms with E-state index in [4.69, 9.17) is 9.47 Å². The third-order valence-corrected chi connectivity index (χ3v) is 5.04. The maximum atomic E-state index is 9.71. The normalized spacial score (nSPS) is 13.2. The van der Waals surface area contributed by atoms with E-state index in [1.165, 1.54) is 6.33 Å². The Hall–Kier alpha value is -3.32. The van der Waals surface area contributed by atoms with E-state index in [9.17, 15) is 5.11 Å². The lowest BCUT2D eigenvalue weighted by Crippen LogP contribution is -2.06. The lowest BCUT2D eigenvalue weighted by Gasteiger charge is -2.13. The highest BCUT2D eigenvalue weighted by molar-refractivity contribution is 5.66. The van der Waals surface area contributed by atoms with E-state index >= 15 is 0 Å². The van der Waals surface area contributed by atoms with Crippen LogP contribution < -0.4 is 9.47 Å². The first-order chi connectivity index (χ1) is 14.6. The molecule has 0 saturated heterocycles. The maximum Gasteiger partial charge on any atom is 0.227 e. The monoisotopic (exact) mass is 404 g/mol. The molecule has 7 heteroatoms. The van der Waals surface area contributed by atoms with Crippen molar-refractivity contribution < 1.29 is 14.6 Å². The van der Waals surface area contributed by atoms with Gasteiger partial charge in [-0.2, -0.15) is 4.98 Å². The molecule has 1 fully saturated rings. The highest BCUT2D eigenvalue weighted by Gasteiger charge is 2.31. The highest BCUT2D eigenvalue weighted by atomic mass is 16.5. The van der Waals surface area contributed by atoms with Gasteiger partial charge in [0.25, 0.3) is 0 Å². The lowest BCUT2D eigenvalue weighted by molar-refractivity contribution is 0.252. The Bertz CT molecular complexity index is 1060. The van der Waals surface area contributed by atoms with Gasteiger partial charge in [0.2, 0.25) is 11.8 Å². The van der Waals surface area contributed by atoms with Crippen molar-refractivity contribution in [2.75, 3.05) is 7.11 Å². The maximum absolute atomic E-state index is 9.71. The van der Waals surface area contributed by atoms with Crippen LogP contribution in [0.3, 0.4) is 0 Å². The number of aliphatic hydroxyl groups excluding tert-OH is 1. The zero-order chi connectivity index (χ0) is 21.1. The van der Waals surface area contributed by atoms with Crippen molar-refractivity contribution in [1.82, 2.24) is 19.9 Å². The van der Waals surface area contributed by atoms with E-state index in [2.05, 4.69) is 26.5 Å². The Labute approximate surface area is 175 Å². The van der Waals surface area contributed by atoms with Crippen molar-refractivity contribution in [2.24, 2.45) is 0 Å². The molecule has 1 N–H and O–H groups in total. The van der Waals surface area contributed by atoms with E-state index < -0.39 is 0 Å². The summed E-state index contributed by atoms with van der Waals surface area (Å²) in [6.45, 7) is 6.02. The molecule has 0 radical (unpaired) electrons. The molecule has 2 aromatic heterocycles. The van der Waals surface area contributed by atoms with Gasteiger partial charge in [-0.05, 0) is 30.9 Å². The molecule has 154 valence electrons. The minimum Gasteiger partial charge on any atom is -0.480 e. The van der Waals surface area contributed by atoms with E-state index in [0.29, 0.717) is 41.2 Å². The molecule has 0 bridgehead atoms. The predicted molar refractivity (Wildman–Crippen MR) is 113 cm³/mol. The zero-order valence-electron chi connectivity index (χ0n) is 17.1. The SMILES string of the molecule is C=C(C)c1ccc(COc2nc(-c3c(OC)ncnc3C3CC3)ncc2CO)cc1. The molecule has 1 aliphatic carbocycles. The summed E-state index contributed by atoms with van der Waals surface area (Å²) in [4.78, 5) is 17.7. The van der Waals surface area contributed by atoms with Crippen LogP contribution in [-0.2, 0) is 13.2 Å². The fraction of sp³-hybridized carbons (Fsp3) is 0.304. The van der Waals surface area contributed by atoms with Crippen LogP contribution in [0.1, 0.15) is 48.1 Å². The number of aliphatic hydroxyl groups is 1. The van der Waals surface area contributed by atoms with Crippen LogP contribution in [0.5, 0.6) is 11.8 Å². The fourth-order valence-electron chi connectivity index (χ4n) is 3.20. The molecule has 30 heavy (non-hydrogen) atoms. The molecule has 3 aromatic rings. The number of hydrogen-bond acceptors (Lipinski definition) is 7. The first-order valence-corrected chi connectivity index (χ1v) is 9.84. The average Bonchev–Trinajstić information content (AvgIpc) is 3.62.